The Morgan fingerprint density at radius 3 is 2.59 bits per heavy atom. The van der Waals surface area contributed by atoms with E-state index in [0.717, 1.165) is 41.8 Å². The number of amides is 2. The van der Waals surface area contributed by atoms with E-state index in [0.29, 0.717) is 18.8 Å². The average molecular weight is 388 g/mol. The first-order valence-corrected chi connectivity index (χ1v) is 10.6. The molecule has 0 atom stereocenters. The van der Waals surface area contributed by atoms with Crippen LogP contribution in [0, 0.1) is 6.92 Å². The molecule has 0 unspecified atom stereocenters. The molecule has 144 valence electrons. The second kappa shape index (κ2) is 7.84. The highest BCUT2D eigenvalue weighted by Crippen LogP contribution is 2.29. The van der Waals surface area contributed by atoms with E-state index in [1.165, 1.54) is 24.2 Å². The average Bonchev–Trinajstić information content (AvgIpc) is 3.43. The van der Waals surface area contributed by atoms with Gasteiger partial charge in [0.15, 0.2) is 0 Å². The third-order valence-electron chi connectivity index (χ3n) is 5.58. The maximum atomic E-state index is 12.6. The molecule has 1 saturated carbocycles. The van der Waals surface area contributed by atoms with Gasteiger partial charge in [-0.05, 0) is 49.6 Å². The Hall–Kier alpha value is -2.15. The number of thiophene rings is 1. The fourth-order valence-corrected chi connectivity index (χ4v) is 4.86. The predicted molar refractivity (Wildman–Crippen MR) is 103 cm³/mol. The van der Waals surface area contributed by atoms with Crippen molar-refractivity contribution < 1.29 is 14.1 Å². The van der Waals surface area contributed by atoms with E-state index in [2.05, 4.69) is 10.5 Å². The van der Waals surface area contributed by atoms with Gasteiger partial charge in [-0.1, -0.05) is 18.0 Å². The first-order valence-electron chi connectivity index (χ1n) is 9.72. The van der Waals surface area contributed by atoms with E-state index in [4.69, 9.17) is 4.52 Å². The molecule has 2 aromatic heterocycles. The quantitative estimate of drug-likeness (QED) is 0.867. The molecule has 2 aliphatic rings. The van der Waals surface area contributed by atoms with E-state index in [-0.39, 0.29) is 23.8 Å². The molecule has 0 bridgehead atoms. The summed E-state index contributed by atoms with van der Waals surface area (Å²) in [7, 11) is 0. The summed E-state index contributed by atoms with van der Waals surface area (Å²) in [6, 6.07) is 3.99. The molecule has 1 aliphatic carbocycles. The van der Waals surface area contributed by atoms with Gasteiger partial charge in [-0.15, -0.1) is 11.3 Å². The zero-order chi connectivity index (χ0) is 18.8. The molecule has 0 radical (unpaired) electrons. The molecule has 1 aliphatic heterocycles. The lowest BCUT2D eigenvalue weighted by Crippen LogP contribution is -2.37. The fraction of sp³-hybridized carbons (Fsp3) is 0.550. The largest absolute Gasteiger partial charge is 0.351 e. The van der Waals surface area contributed by atoms with Crippen LogP contribution in [0.25, 0.3) is 0 Å². The van der Waals surface area contributed by atoms with Crippen LogP contribution >= 0.6 is 11.3 Å². The minimum atomic E-state index is -0.165. The van der Waals surface area contributed by atoms with Gasteiger partial charge in [0.25, 0.3) is 11.8 Å². The molecule has 4 rings (SSSR count). The third-order valence-corrected chi connectivity index (χ3v) is 6.62. The van der Waals surface area contributed by atoms with Crippen LogP contribution in [-0.4, -0.2) is 41.0 Å². The van der Waals surface area contributed by atoms with Gasteiger partial charge in [-0.3, -0.25) is 9.59 Å². The molecule has 1 saturated heterocycles. The van der Waals surface area contributed by atoms with Gasteiger partial charge in [0.05, 0.1) is 10.6 Å². The molecular formula is C20H25N3O3S. The van der Waals surface area contributed by atoms with Crippen molar-refractivity contribution in [3.8, 4) is 0 Å². The number of aromatic nitrogens is 1. The van der Waals surface area contributed by atoms with Gasteiger partial charge >= 0.3 is 0 Å². The second-order valence-electron chi connectivity index (χ2n) is 7.63. The van der Waals surface area contributed by atoms with Crippen LogP contribution in [0.15, 0.2) is 22.0 Å². The highest BCUT2D eigenvalue weighted by atomic mass is 32.1. The van der Waals surface area contributed by atoms with Crippen LogP contribution in [0.2, 0.25) is 0 Å². The number of aryl methyl sites for hydroxylation is 1. The number of rotatable bonds is 4. The number of carbonyl (C=O) groups is 2. The van der Waals surface area contributed by atoms with Crippen LogP contribution in [0.4, 0.5) is 0 Å². The van der Waals surface area contributed by atoms with Gasteiger partial charge in [0, 0.05) is 31.1 Å². The number of likely N-dealkylation sites (tertiary alicyclic amines) is 1. The van der Waals surface area contributed by atoms with Crippen LogP contribution in [0.1, 0.15) is 75.9 Å². The lowest BCUT2D eigenvalue weighted by atomic mass is 9.93. The summed E-state index contributed by atoms with van der Waals surface area (Å²) in [5, 5.41) is 9.17. The van der Waals surface area contributed by atoms with Crippen molar-refractivity contribution in [1.29, 1.82) is 0 Å². The van der Waals surface area contributed by atoms with Gasteiger partial charge in [-0.25, -0.2) is 0 Å². The summed E-state index contributed by atoms with van der Waals surface area (Å²) in [6.45, 7) is 3.42. The van der Waals surface area contributed by atoms with Crippen molar-refractivity contribution in [2.24, 2.45) is 0 Å². The molecule has 0 spiro atoms. The topological polar surface area (TPSA) is 75.4 Å². The standard InChI is InChI=1S/C20H25N3O3S/c1-13-10-18(27-12-13)20(25)23-8-6-14(7-9-23)16-11-17(26-22-16)19(24)21-15-4-2-3-5-15/h10-12,14-15H,2-9H2,1H3,(H,21,24). The van der Waals surface area contributed by atoms with E-state index >= 15 is 0 Å². The summed E-state index contributed by atoms with van der Waals surface area (Å²) in [6.07, 6.45) is 6.12. The Kier molecular flexibility index (Phi) is 5.29. The summed E-state index contributed by atoms with van der Waals surface area (Å²) in [5.74, 6) is 0.477. The van der Waals surface area contributed by atoms with Crippen LogP contribution < -0.4 is 5.32 Å². The zero-order valence-electron chi connectivity index (χ0n) is 15.6. The Balaban J connectivity index is 1.32. The Morgan fingerprint density at radius 2 is 1.93 bits per heavy atom. The minimum Gasteiger partial charge on any atom is -0.351 e. The smallest absolute Gasteiger partial charge is 0.290 e. The molecular weight excluding hydrogens is 362 g/mol. The van der Waals surface area contributed by atoms with E-state index in [1.54, 1.807) is 6.07 Å². The van der Waals surface area contributed by atoms with Crippen molar-refractivity contribution in [2.45, 2.75) is 57.4 Å². The second-order valence-corrected chi connectivity index (χ2v) is 8.54. The number of carbonyl (C=O) groups excluding carboxylic acids is 2. The molecule has 7 heteroatoms. The van der Waals surface area contributed by atoms with Crippen molar-refractivity contribution in [2.75, 3.05) is 13.1 Å². The summed E-state index contributed by atoms with van der Waals surface area (Å²) >= 11 is 1.50. The molecule has 27 heavy (non-hydrogen) atoms. The monoisotopic (exact) mass is 387 g/mol. The molecule has 3 heterocycles. The van der Waals surface area contributed by atoms with Crippen molar-refractivity contribution >= 4 is 23.2 Å². The van der Waals surface area contributed by atoms with E-state index in [1.807, 2.05) is 23.3 Å². The minimum absolute atomic E-state index is 0.114. The molecule has 6 nitrogen and oxygen atoms in total. The lowest BCUT2D eigenvalue weighted by molar-refractivity contribution is 0.0715. The first kappa shape index (κ1) is 18.2. The SMILES string of the molecule is Cc1csc(C(=O)N2CCC(c3cc(C(=O)NC4CCCC4)on3)CC2)c1. The Morgan fingerprint density at radius 1 is 1.19 bits per heavy atom. The Labute approximate surface area is 162 Å². The van der Waals surface area contributed by atoms with Gasteiger partial charge < -0.3 is 14.7 Å². The maximum absolute atomic E-state index is 12.6. The summed E-state index contributed by atoms with van der Waals surface area (Å²) in [5.41, 5.74) is 1.95. The highest BCUT2D eigenvalue weighted by Gasteiger charge is 2.28. The van der Waals surface area contributed by atoms with Crippen LogP contribution in [-0.2, 0) is 0 Å². The molecule has 2 aromatic rings. The van der Waals surface area contributed by atoms with Crippen LogP contribution in [0.5, 0.6) is 0 Å². The maximum Gasteiger partial charge on any atom is 0.290 e. The highest BCUT2D eigenvalue weighted by molar-refractivity contribution is 7.12. The lowest BCUT2D eigenvalue weighted by Gasteiger charge is -2.30. The predicted octanol–water partition coefficient (Wildman–Crippen LogP) is 3.74. The number of hydrogen-bond donors (Lipinski definition) is 1. The number of hydrogen-bond acceptors (Lipinski definition) is 5. The van der Waals surface area contributed by atoms with Gasteiger partial charge in [0.1, 0.15) is 0 Å². The van der Waals surface area contributed by atoms with E-state index < -0.39 is 0 Å². The summed E-state index contributed by atoms with van der Waals surface area (Å²) < 4.78 is 5.30. The van der Waals surface area contributed by atoms with Gasteiger partial charge in [-0.2, -0.15) is 0 Å². The van der Waals surface area contributed by atoms with Crippen molar-refractivity contribution in [3.63, 3.8) is 0 Å². The molecule has 2 fully saturated rings. The molecule has 2 amide bonds. The normalized spacial score (nSPS) is 18.8. The Bertz CT molecular complexity index is 814. The summed E-state index contributed by atoms with van der Waals surface area (Å²) in [4.78, 5) is 27.6. The first-order chi connectivity index (χ1) is 13.1. The van der Waals surface area contributed by atoms with E-state index in [9.17, 15) is 9.59 Å². The zero-order valence-corrected chi connectivity index (χ0v) is 16.4. The van der Waals surface area contributed by atoms with Gasteiger partial charge in [0.2, 0.25) is 5.76 Å². The number of nitrogens with zero attached hydrogens (tertiary/aromatic N) is 2. The van der Waals surface area contributed by atoms with Crippen LogP contribution in [0.3, 0.4) is 0 Å². The van der Waals surface area contributed by atoms with Crippen molar-refractivity contribution in [3.05, 3.63) is 39.4 Å². The van der Waals surface area contributed by atoms with Crippen molar-refractivity contribution in [1.82, 2.24) is 15.4 Å². The fourth-order valence-electron chi connectivity index (χ4n) is 3.99. The molecule has 0 aromatic carbocycles. The number of nitrogens with one attached hydrogen (secondary N) is 1. The third kappa shape index (κ3) is 4.08. The number of piperidine rings is 1. The molecule has 1 N–H and O–H groups in total.